The summed E-state index contributed by atoms with van der Waals surface area (Å²) in [5.41, 5.74) is 2.29. The Bertz CT molecular complexity index is 787. The van der Waals surface area contributed by atoms with E-state index in [0.717, 1.165) is 18.7 Å². The van der Waals surface area contributed by atoms with Gasteiger partial charge in [-0.15, -0.1) is 0 Å². The number of morpholine rings is 1. The molecule has 0 saturated carbocycles. The summed E-state index contributed by atoms with van der Waals surface area (Å²) in [4.78, 5) is 2.58. The first-order valence-corrected chi connectivity index (χ1v) is 9.98. The number of ether oxygens (including phenoxy) is 1. The molecule has 1 aliphatic rings. The average molecular weight is 360 g/mol. The molecular weight excluding hydrogens is 336 g/mol. The van der Waals surface area contributed by atoms with Crippen molar-refractivity contribution in [2.45, 2.75) is 17.9 Å². The first-order chi connectivity index (χ1) is 12.1. The first-order valence-electron chi connectivity index (χ1n) is 8.49. The summed E-state index contributed by atoms with van der Waals surface area (Å²) in [6, 6.07) is 16.7. The van der Waals surface area contributed by atoms with Crippen molar-refractivity contribution < 1.29 is 13.2 Å². The summed E-state index contributed by atoms with van der Waals surface area (Å²) >= 11 is 0. The second kappa shape index (κ2) is 8.10. The number of aryl methyl sites for hydroxylation is 1. The minimum Gasteiger partial charge on any atom is -0.379 e. The molecule has 2 aromatic rings. The molecular formula is C19H24N2O3S. The number of hydrogen-bond acceptors (Lipinski definition) is 4. The standard InChI is InChI=1S/C19H24N2O3S/c1-16-6-5-7-17(14-16)19(21-10-12-24-13-11-21)15-20-25(22,23)18-8-3-2-4-9-18/h2-9,14,19-20H,10-13,15H2,1H3. The van der Waals surface area contributed by atoms with E-state index in [2.05, 4.69) is 21.8 Å². The van der Waals surface area contributed by atoms with Crippen molar-refractivity contribution >= 4 is 10.0 Å². The van der Waals surface area contributed by atoms with Crippen molar-refractivity contribution in [3.05, 3.63) is 65.7 Å². The zero-order valence-electron chi connectivity index (χ0n) is 14.4. The predicted molar refractivity (Wildman–Crippen MR) is 97.9 cm³/mol. The summed E-state index contributed by atoms with van der Waals surface area (Å²) in [6.07, 6.45) is 0. The Hall–Kier alpha value is -1.73. The van der Waals surface area contributed by atoms with E-state index in [1.165, 1.54) is 5.56 Å². The van der Waals surface area contributed by atoms with Gasteiger partial charge in [-0.25, -0.2) is 13.1 Å². The van der Waals surface area contributed by atoms with Gasteiger partial charge in [-0.3, -0.25) is 4.90 Å². The van der Waals surface area contributed by atoms with Gasteiger partial charge < -0.3 is 4.74 Å². The molecule has 1 heterocycles. The Kier molecular flexibility index (Phi) is 5.86. The van der Waals surface area contributed by atoms with Crippen LogP contribution in [0.4, 0.5) is 0 Å². The lowest BCUT2D eigenvalue weighted by Crippen LogP contribution is -2.43. The highest BCUT2D eigenvalue weighted by Gasteiger charge is 2.25. The van der Waals surface area contributed by atoms with Crippen LogP contribution < -0.4 is 4.72 Å². The van der Waals surface area contributed by atoms with Crippen LogP contribution in [0.2, 0.25) is 0 Å². The Morgan fingerprint density at radius 2 is 1.80 bits per heavy atom. The Morgan fingerprint density at radius 1 is 1.08 bits per heavy atom. The van der Waals surface area contributed by atoms with Crippen LogP contribution in [0.1, 0.15) is 17.2 Å². The van der Waals surface area contributed by atoms with Crippen molar-refractivity contribution in [3.8, 4) is 0 Å². The summed E-state index contributed by atoms with van der Waals surface area (Å²) in [5.74, 6) is 0. The quantitative estimate of drug-likeness (QED) is 0.859. The lowest BCUT2D eigenvalue weighted by molar-refractivity contribution is 0.0172. The van der Waals surface area contributed by atoms with E-state index in [9.17, 15) is 8.42 Å². The van der Waals surface area contributed by atoms with Gasteiger partial charge >= 0.3 is 0 Å². The van der Waals surface area contributed by atoms with Crippen molar-refractivity contribution in [2.24, 2.45) is 0 Å². The zero-order chi connectivity index (χ0) is 17.7. The highest BCUT2D eigenvalue weighted by Crippen LogP contribution is 2.23. The number of hydrogen-bond donors (Lipinski definition) is 1. The molecule has 1 aliphatic heterocycles. The smallest absolute Gasteiger partial charge is 0.240 e. The number of rotatable bonds is 6. The highest BCUT2D eigenvalue weighted by atomic mass is 32.2. The third kappa shape index (κ3) is 4.67. The normalized spacial score (nSPS) is 17.3. The third-order valence-electron chi connectivity index (χ3n) is 4.43. The van der Waals surface area contributed by atoms with Crippen LogP contribution in [0.25, 0.3) is 0 Å². The number of nitrogens with zero attached hydrogens (tertiary/aromatic N) is 1. The van der Waals surface area contributed by atoms with E-state index < -0.39 is 10.0 Å². The van der Waals surface area contributed by atoms with E-state index in [-0.39, 0.29) is 6.04 Å². The molecule has 1 N–H and O–H groups in total. The van der Waals surface area contributed by atoms with E-state index in [1.807, 2.05) is 25.1 Å². The molecule has 0 radical (unpaired) electrons. The van der Waals surface area contributed by atoms with Crippen molar-refractivity contribution in [1.29, 1.82) is 0 Å². The van der Waals surface area contributed by atoms with Gasteiger partial charge in [0.15, 0.2) is 0 Å². The minimum absolute atomic E-state index is 0.0118. The molecule has 25 heavy (non-hydrogen) atoms. The van der Waals surface area contributed by atoms with E-state index in [1.54, 1.807) is 24.3 Å². The van der Waals surface area contributed by atoms with Crippen molar-refractivity contribution in [2.75, 3.05) is 32.8 Å². The molecule has 2 aromatic carbocycles. The number of benzene rings is 2. The summed E-state index contributed by atoms with van der Waals surface area (Å²) in [7, 11) is -3.52. The van der Waals surface area contributed by atoms with Crippen LogP contribution in [-0.4, -0.2) is 46.2 Å². The summed E-state index contributed by atoms with van der Waals surface area (Å²) in [6.45, 7) is 5.33. The van der Waals surface area contributed by atoms with E-state index in [4.69, 9.17) is 4.74 Å². The van der Waals surface area contributed by atoms with Crippen LogP contribution in [0.5, 0.6) is 0 Å². The second-order valence-electron chi connectivity index (χ2n) is 6.24. The Labute approximate surface area is 149 Å². The largest absolute Gasteiger partial charge is 0.379 e. The summed E-state index contributed by atoms with van der Waals surface area (Å²) in [5, 5.41) is 0. The van der Waals surface area contributed by atoms with Gasteiger partial charge in [0.25, 0.3) is 0 Å². The van der Waals surface area contributed by atoms with Crippen molar-refractivity contribution in [1.82, 2.24) is 9.62 Å². The fraction of sp³-hybridized carbons (Fsp3) is 0.368. The summed E-state index contributed by atoms with van der Waals surface area (Å²) < 4.78 is 33.4. The van der Waals surface area contributed by atoms with E-state index in [0.29, 0.717) is 24.7 Å². The molecule has 5 nitrogen and oxygen atoms in total. The number of nitrogens with one attached hydrogen (secondary N) is 1. The second-order valence-corrected chi connectivity index (χ2v) is 8.01. The maximum atomic E-state index is 12.6. The van der Waals surface area contributed by atoms with Gasteiger partial charge in [-0.1, -0.05) is 48.0 Å². The average Bonchev–Trinajstić information content (AvgIpc) is 2.63. The fourth-order valence-corrected chi connectivity index (χ4v) is 4.16. The molecule has 1 fully saturated rings. The molecule has 1 atom stereocenters. The van der Waals surface area contributed by atoms with Crippen LogP contribution in [-0.2, 0) is 14.8 Å². The topological polar surface area (TPSA) is 58.6 Å². The lowest BCUT2D eigenvalue weighted by Gasteiger charge is -2.35. The molecule has 0 amide bonds. The molecule has 0 aliphatic carbocycles. The van der Waals surface area contributed by atoms with Crippen LogP contribution in [0.15, 0.2) is 59.5 Å². The van der Waals surface area contributed by atoms with Crippen LogP contribution in [0, 0.1) is 6.92 Å². The molecule has 6 heteroatoms. The minimum atomic E-state index is -3.52. The third-order valence-corrected chi connectivity index (χ3v) is 5.87. The predicted octanol–water partition coefficient (Wildman–Crippen LogP) is 2.35. The SMILES string of the molecule is Cc1cccc(C(CNS(=O)(=O)c2ccccc2)N2CCOCC2)c1. The maximum Gasteiger partial charge on any atom is 0.240 e. The molecule has 0 spiro atoms. The Morgan fingerprint density at radius 3 is 2.48 bits per heavy atom. The molecule has 3 rings (SSSR count). The van der Waals surface area contributed by atoms with Crippen LogP contribution in [0.3, 0.4) is 0 Å². The fourth-order valence-electron chi connectivity index (χ4n) is 3.10. The van der Waals surface area contributed by atoms with Gasteiger partial charge in [-0.2, -0.15) is 0 Å². The highest BCUT2D eigenvalue weighted by molar-refractivity contribution is 7.89. The van der Waals surface area contributed by atoms with Gasteiger partial charge in [-0.05, 0) is 24.6 Å². The first kappa shape index (κ1) is 18.1. The van der Waals surface area contributed by atoms with Gasteiger partial charge in [0.05, 0.1) is 18.1 Å². The van der Waals surface area contributed by atoms with Gasteiger partial charge in [0.1, 0.15) is 0 Å². The van der Waals surface area contributed by atoms with Crippen molar-refractivity contribution in [3.63, 3.8) is 0 Å². The Balaban J connectivity index is 1.80. The van der Waals surface area contributed by atoms with Crippen LogP contribution >= 0.6 is 0 Å². The molecule has 134 valence electrons. The lowest BCUT2D eigenvalue weighted by atomic mass is 10.0. The van der Waals surface area contributed by atoms with Gasteiger partial charge in [0, 0.05) is 25.7 Å². The molecule has 1 unspecified atom stereocenters. The molecule has 1 saturated heterocycles. The van der Waals surface area contributed by atoms with E-state index >= 15 is 0 Å². The molecule has 0 aromatic heterocycles. The monoisotopic (exact) mass is 360 g/mol. The maximum absolute atomic E-state index is 12.6. The molecule has 0 bridgehead atoms. The van der Waals surface area contributed by atoms with Gasteiger partial charge in [0.2, 0.25) is 10.0 Å². The number of sulfonamides is 1. The zero-order valence-corrected chi connectivity index (χ0v) is 15.2.